The molecule has 0 amide bonds. The summed E-state index contributed by atoms with van der Waals surface area (Å²) in [7, 11) is 1.60. The van der Waals surface area contributed by atoms with Crippen molar-refractivity contribution in [1.82, 2.24) is 0 Å². The highest BCUT2D eigenvalue weighted by Crippen LogP contribution is 2.14. The summed E-state index contributed by atoms with van der Waals surface area (Å²) in [6.07, 6.45) is 1.40. The Balaban J connectivity index is 2.92. The van der Waals surface area contributed by atoms with Crippen molar-refractivity contribution in [3.05, 3.63) is 35.9 Å². The summed E-state index contributed by atoms with van der Waals surface area (Å²) < 4.78 is 5.00. The Morgan fingerprint density at radius 1 is 1.29 bits per heavy atom. The normalized spacial score (nSPS) is 11.1. The third-order valence-corrected chi connectivity index (χ3v) is 1.73. The van der Waals surface area contributed by atoms with Crippen LogP contribution in [0.5, 0.6) is 5.75 Å². The molecule has 0 aliphatic heterocycles. The summed E-state index contributed by atoms with van der Waals surface area (Å²) >= 11 is 0. The molecule has 0 saturated carbocycles. The predicted octanol–water partition coefficient (Wildman–Crippen LogP) is 0.931. The van der Waals surface area contributed by atoms with E-state index in [2.05, 4.69) is 0 Å². The number of amidine groups is 1. The minimum Gasteiger partial charge on any atom is -0.497 e. The van der Waals surface area contributed by atoms with Crippen molar-refractivity contribution < 1.29 is 4.74 Å². The zero-order valence-corrected chi connectivity index (χ0v) is 7.95. The molecule has 0 aromatic heterocycles. The quantitative estimate of drug-likeness (QED) is 0.490. The van der Waals surface area contributed by atoms with Crippen LogP contribution in [0.2, 0.25) is 0 Å². The van der Waals surface area contributed by atoms with Gasteiger partial charge in [-0.15, -0.1) is 0 Å². The van der Waals surface area contributed by atoms with Crippen LogP contribution < -0.4 is 16.2 Å². The number of nitrogens with two attached hydrogens (primary N) is 2. The number of ether oxygens (including phenoxy) is 1. The van der Waals surface area contributed by atoms with E-state index in [0.717, 1.165) is 11.3 Å². The summed E-state index contributed by atoms with van der Waals surface area (Å²) in [4.78, 5) is 0. The van der Waals surface area contributed by atoms with E-state index in [1.54, 1.807) is 19.2 Å². The third-order valence-electron chi connectivity index (χ3n) is 1.73. The van der Waals surface area contributed by atoms with Gasteiger partial charge in [-0.3, -0.25) is 5.41 Å². The molecule has 0 bridgehead atoms. The molecule has 4 nitrogen and oxygen atoms in total. The standard InChI is InChI=1S/C10H13N3O/c1-14-8-4-2-7(3-5-8)9(11)6-10(12)13/h2-6H,11H2,1H3,(H3,12,13)/b9-6-. The molecule has 0 fully saturated rings. The monoisotopic (exact) mass is 191 g/mol. The Hall–Kier alpha value is -1.97. The van der Waals surface area contributed by atoms with Crippen molar-refractivity contribution in [2.24, 2.45) is 11.5 Å². The topological polar surface area (TPSA) is 85.1 Å². The van der Waals surface area contributed by atoms with Crippen LogP contribution in [-0.4, -0.2) is 12.9 Å². The highest BCUT2D eigenvalue weighted by atomic mass is 16.5. The Bertz CT molecular complexity index is 354. The SMILES string of the molecule is COc1ccc(/C(N)=C/C(=N)N)cc1. The molecule has 5 N–H and O–H groups in total. The fraction of sp³-hybridized carbons (Fsp3) is 0.100. The van der Waals surface area contributed by atoms with Crippen molar-refractivity contribution in [2.75, 3.05) is 7.11 Å². The van der Waals surface area contributed by atoms with Crippen LogP contribution in [0.3, 0.4) is 0 Å². The van der Waals surface area contributed by atoms with Gasteiger partial charge in [0.2, 0.25) is 0 Å². The molecule has 1 aromatic rings. The van der Waals surface area contributed by atoms with Gasteiger partial charge in [0.05, 0.1) is 7.11 Å². The first-order valence-electron chi connectivity index (χ1n) is 4.09. The van der Waals surface area contributed by atoms with Crippen molar-refractivity contribution in [2.45, 2.75) is 0 Å². The summed E-state index contributed by atoms with van der Waals surface area (Å²) in [6, 6.07) is 7.23. The highest BCUT2D eigenvalue weighted by Gasteiger charge is 1.97. The summed E-state index contributed by atoms with van der Waals surface area (Å²) in [6.45, 7) is 0. The zero-order chi connectivity index (χ0) is 10.6. The van der Waals surface area contributed by atoms with E-state index in [9.17, 15) is 0 Å². The number of nitrogens with one attached hydrogen (secondary N) is 1. The van der Waals surface area contributed by atoms with Gasteiger partial charge < -0.3 is 16.2 Å². The molecule has 0 atom stereocenters. The van der Waals surface area contributed by atoms with Gasteiger partial charge in [-0.1, -0.05) is 0 Å². The van der Waals surface area contributed by atoms with Crippen LogP contribution in [0.1, 0.15) is 5.56 Å². The van der Waals surface area contributed by atoms with Gasteiger partial charge in [-0.25, -0.2) is 0 Å². The lowest BCUT2D eigenvalue weighted by Crippen LogP contribution is -2.08. The Kier molecular flexibility index (Phi) is 3.12. The maximum Gasteiger partial charge on any atom is 0.118 e. The molecule has 0 heterocycles. The Labute approximate surface area is 82.7 Å². The number of hydrogen-bond acceptors (Lipinski definition) is 3. The molecule has 0 spiro atoms. The zero-order valence-electron chi connectivity index (χ0n) is 7.95. The second-order valence-corrected chi connectivity index (χ2v) is 2.78. The summed E-state index contributed by atoms with van der Waals surface area (Å²) in [5.74, 6) is 0.711. The predicted molar refractivity (Wildman–Crippen MR) is 57.1 cm³/mol. The van der Waals surface area contributed by atoms with E-state index in [0.29, 0.717) is 5.70 Å². The van der Waals surface area contributed by atoms with Gasteiger partial charge >= 0.3 is 0 Å². The molecule has 0 aliphatic carbocycles. The van der Waals surface area contributed by atoms with Gasteiger partial charge in [-0.05, 0) is 29.8 Å². The third kappa shape index (κ3) is 2.52. The van der Waals surface area contributed by atoms with Crippen LogP contribution in [0, 0.1) is 5.41 Å². The highest BCUT2D eigenvalue weighted by molar-refractivity contribution is 5.95. The molecule has 0 radical (unpaired) electrons. The molecule has 4 heteroatoms. The number of hydrogen-bond donors (Lipinski definition) is 3. The Morgan fingerprint density at radius 3 is 2.29 bits per heavy atom. The van der Waals surface area contributed by atoms with Gasteiger partial charge in [0.15, 0.2) is 0 Å². The first-order chi connectivity index (χ1) is 6.63. The van der Waals surface area contributed by atoms with Crippen molar-refractivity contribution in [1.29, 1.82) is 5.41 Å². The molecule has 14 heavy (non-hydrogen) atoms. The van der Waals surface area contributed by atoms with E-state index in [1.165, 1.54) is 6.08 Å². The maximum absolute atomic E-state index is 7.05. The molecule has 0 unspecified atom stereocenters. The second-order valence-electron chi connectivity index (χ2n) is 2.78. The minimum absolute atomic E-state index is 0.0571. The second kappa shape index (κ2) is 4.32. The van der Waals surface area contributed by atoms with E-state index in [-0.39, 0.29) is 5.84 Å². The lowest BCUT2D eigenvalue weighted by molar-refractivity contribution is 0.415. The molecule has 1 aromatic carbocycles. The van der Waals surface area contributed by atoms with E-state index in [4.69, 9.17) is 21.6 Å². The lowest BCUT2D eigenvalue weighted by Gasteiger charge is -2.03. The van der Waals surface area contributed by atoms with Gasteiger partial charge in [-0.2, -0.15) is 0 Å². The van der Waals surface area contributed by atoms with Crippen molar-refractivity contribution in [3.8, 4) is 5.75 Å². The number of methoxy groups -OCH3 is 1. The fourth-order valence-electron chi connectivity index (χ4n) is 1.03. The smallest absolute Gasteiger partial charge is 0.118 e. The van der Waals surface area contributed by atoms with Crippen LogP contribution in [0.25, 0.3) is 5.70 Å². The lowest BCUT2D eigenvalue weighted by atomic mass is 10.1. The first kappa shape index (κ1) is 10.1. The summed E-state index contributed by atoms with van der Waals surface area (Å²) in [5, 5.41) is 7.05. The Morgan fingerprint density at radius 2 is 1.86 bits per heavy atom. The van der Waals surface area contributed by atoms with E-state index < -0.39 is 0 Å². The number of benzene rings is 1. The summed E-state index contributed by atoms with van der Waals surface area (Å²) in [5.41, 5.74) is 12.2. The largest absolute Gasteiger partial charge is 0.497 e. The number of rotatable bonds is 3. The van der Waals surface area contributed by atoms with Crippen molar-refractivity contribution in [3.63, 3.8) is 0 Å². The average Bonchev–Trinajstić information content (AvgIpc) is 2.17. The molecule has 1 rings (SSSR count). The van der Waals surface area contributed by atoms with Crippen molar-refractivity contribution >= 4 is 11.5 Å². The molecule has 74 valence electrons. The van der Waals surface area contributed by atoms with E-state index >= 15 is 0 Å². The molecular formula is C10H13N3O. The van der Waals surface area contributed by atoms with E-state index in [1.807, 2.05) is 12.1 Å². The molecule has 0 aliphatic rings. The van der Waals surface area contributed by atoms with Gasteiger partial charge in [0.25, 0.3) is 0 Å². The fourth-order valence-corrected chi connectivity index (χ4v) is 1.03. The first-order valence-corrected chi connectivity index (χ1v) is 4.09. The van der Waals surface area contributed by atoms with Crippen LogP contribution >= 0.6 is 0 Å². The minimum atomic E-state index is -0.0571. The van der Waals surface area contributed by atoms with Crippen LogP contribution in [0.4, 0.5) is 0 Å². The van der Waals surface area contributed by atoms with Crippen LogP contribution in [0.15, 0.2) is 30.3 Å². The molecular weight excluding hydrogens is 178 g/mol. The average molecular weight is 191 g/mol. The molecule has 0 saturated heterocycles. The van der Waals surface area contributed by atoms with Crippen LogP contribution in [-0.2, 0) is 0 Å². The van der Waals surface area contributed by atoms with Gasteiger partial charge in [0.1, 0.15) is 11.6 Å². The van der Waals surface area contributed by atoms with Gasteiger partial charge in [0, 0.05) is 11.8 Å². The maximum atomic E-state index is 7.05.